The molecule has 3 rings (SSSR count). The first-order valence-corrected chi connectivity index (χ1v) is 11.2. The Balaban J connectivity index is 1.56. The number of hydrogen-bond acceptors (Lipinski definition) is 5. The molecule has 6 nitrogen and oxygen atoms in total. The number of hydrogen-bond donors (Lipinski definition) is 1. The van der Waals surface area contributed by atoms with Crippen molar-refractivity contribution in [3.63, 3.8) is 0 Å². The van der Waals surface area contributed by atoms with Crippen LogP contribution in [0, 0.1) is 6.92 Å². The van der Waals surface area contributed by atoms with Gasteiger partial charge in [-0.2, -0.15) is 0 Å². The normalized spacial score (nSPS) is 12.7. The number of fused-ring (bicyclic) bond motifs is 1. The largest absolute Gasteiger partial charge is 0.490 e. The molecule has 0 aromatic heterocycles. The molecule has 0 atom stereocenters. The molecule has 2 aromatic rings. The van der Waals surface area contributed by atoms with Crippen LogP contribution in [0.3, 0.4) is 0 Å². The fourth-order valence-electron chi connectivity index (χ4n) is 3.11. The maximum Gasteiger partial charge on any atom is 0.244 e. The predicted molar refractivity (Wildman–Crippen MR) is 119 cm³/mol. The predicted octanol–water partition coefficient (Wildman–Crippen LogP) is 4.13. The zero-order valence-electron chi connectivity index (χ0n) is 17.5. The van der Waals surface area contributed by atoms with Crippen LogP contribution in [-0.2, 0) is 9.59 Å². The Hall–Kier alpha value is -2.67. The van der Waals surface area contributed by atoms with Gasteiger partial charge >= 0.3 is 0 Å². The number of benzene rings is 2. The van der Waals surface area contributed by atoms with Crippen LogP contribution in [0.1, 0.15) is 25.3 Å². The molecular formula is C23H28N2O4S. The lowest BCUT2D eigenvalue weighted by molar-refractivity contribution is -0.132. The SMILES string of the molecule is CCCN(CC(=O)Nc1ccccc1C)C(=O)CSc1ccc2c(c1)OCCCO2. The first-order valence-electron chi connectivity index (χ1n) is 10.2. The molecule has 0 radical (unpaired) electrons. The van der Waals surface area contributed by atoms with Crippen LogP contribution in [0.15, 0.2) is 47.4 Å². The molecule has 0 bridgehead atoms. The van der Waals surface area contributed by atoms with Crippen LogP contribution in [0.2, 0.25) is 0 Å². The molecule has 30 heavy (non-hydrogen) atoms. The van der Waals surface area contributed by atoms with Gasteiger partial charge in [-0.15, -0.1) is 11.8 Å². The molecule has 0 spiro atoms. The molecule has 1 N–H and O–H groups in total. The van der Waals surface area contributed by atoms with Gasteiger partial charge in [0.05, 0.1) is 25.5 Å². The minimum absolute atomic E-state index is 0.0444. The Morgan fingerprint density at radius 2 is 1.87 bits per heavy atom. The van der Waals surface area contributed by atoms with E-state index in [-0.39, 0.29) is 24.1 Å². The number of ether oxygens (including phenoxy) is 2. The van der Waals surface area contributed by atoms with Crippen molar-refractivity contribution < 1.29 is 19.1 Å². The average molecular weight is 429 g/mol. The van der Waals surface area contributed by atoms with Crippen molar-refractivity contribution in [2.24, 2.45) is 0 Å². The van der Waals surface area contributed by atoms with Crippen molar-refractivity contribution in [2.45, 2.75) is 31.6 Å². The number of para-hydroxylation sites is 1. The Bertz CT molecular complexity index is 887. The minimum Gasteiger partial charge on any atom is -0.490 e. The third kappa shape index (κ3) is 6.16. The summed E-state index contributed by atoms with van der Waals surface area (Å²) in [5.41, 5.74) is 1.76. The van der Waals surface area contributed by atoms with Gasteiger partial charge in [-0.1, -0.05) is 25.1 Å². The maximum atomic E-state index is 12.8. The van der Waals surface area contributed by atoms with E-state index in [2.05, 4.69) is 5.32 Å². The summed E-state index contributed by atoms with van der Waals surface area (Å²) in [6.45, 7) is 5.80. The van der Waals surface area contributed by atoms with Crippen molar-refractivity contribution >= 4 is 29.3 Å². The highest BCUT2D eigenvalue weighted by molar-refractivity contribution is 8.00. The van der Waals surface area contributed by atoms with Gasteiger partial charge in [0, 0.05) is 23.5 Å². The Morgan fingerprint density at radius 1 is 1.10 bits per heavy atom. The van der Waals surface area contributed by atoms with Crippen molar-refractivity contribution in [1.29, 1.82) is 0 Å². The van der Waals surface area contributed by atoms with Gasteiger partial charge in [-0.25, -0.2) is 0 Å². The zero-order chi connectivity index (χ0) is 21.3. The van der Waals surface area contributed by atoms with Gasteiger partial charge in [0.25, 0.3) is 0 Å². The highest BCUT2D eigenvalue weighted by atomic mass is 32.2. The molecule has 160 valence electrons. The summed E-state index contributed by atoms with van der Waals surface area (Å²) < 4.78 is 11.4. The first-order chi connectivity index (χ1) is 14.6. The van der Waals surface area contributed by atoms with E-state index in [0.29, 0.717) is 25.5 Å². The van der Waals surface area contributed by atoms with E-state index in [0.717, 1.165) is 34.7 Å². The van der Waals surface area contributed by atoms with Crippen LogP contribution >= 0.6 is 11.8 Å². The lowest BCUT2D eigenvalue weighted by Crippen LogP contribution is -2.39. The maximum absolute atomic E-state index is 12.8. The fraction of sp³-hybridized carbons (Fsp3) is 0.391. The van der Waals surface area contributed by atoms with Gasteiger partial charge in [0.1, 0.15) is 0 Å². The lowest BCUT2D eigenvalue weighted by atomic mass is 10.2. The van der Waals surface area contributed by atoms with Crippen LogP contribution < -0.4 is 14.8 Å². The van der Waals surface area contributed by atoms with Gasteiger partial charge < -0.3 is 19.7 Å². The van der Waals surface area contributed by atoms with E-state index in [4.69, 9.17) is 9.47 Å². The molecule has 0 fully saturated rings. The molecule has 1 aliphatic rings. The number of rotatable bonds is 8. The van der Waals surface area contributed by atoms with Gasteiger partial charge in [-0.3, -0.25) is 9.59 Å². The third-order valence-corrected chi connectivity index (χ3v) is 5.66. The number of anilines is 1. The molecule has 0 unspecified atom stereocenters. The molecule has 2 amide bonds. The van der Waals surface area contributed by atoms with Crippen LogP contribution in [0.5, 0.6) is 11.5 Å². The summed E-state index contributed by atoms with van der Waals surface area (Å²) >= 11 is 1.44. The third-order valence-electron chi connectivity index (χ3n) is 4.68. The Morgan fingerprint density at radius 3 is 2.63 bits per heavy atom. The summed E-state index contributed by atoms with van der Waals surface area (Å²) in [7, 11) is 0. The molecule has 1 heterocycles. The molecule has 2 aromatic carbocycles. The Kier molecular flexibility index (Phi) is 8.02. The molecule has 0 aliphatic carbocycles. The summed E-state index contributed by atoms with van der Waals surface area (Å²) in [4.78, 5) is 27.8. The minimum atomic E-state index is -0.188. The molecule has 1 aliphatic heterocycles. The van der Waals surface area contributed by atoms with Crippen molar-refractivity contribution in [1.82, 2.24) is 4.90 Å². The molecule has 7 heteroatoms. The molecular weight excluding hydrogens is 400 g/mol. The monoisotopic (exact) mass is 428 g/mol. The van der Waals surface area contributed by atoms with Gasteiger partial charge in [-0.05, 0) is 43.2 Å². The van der Waals surface area contributed by atoms with E-state index in [1.54, 1.807) is 4.90 Å². The van der Waals surface area contributed by atoms with Crippen LogP contribution in [-0.4, -0.2) is 48.8 Å². The smallest absolute Gasteiger partial charge is 0.244 e. The number of aryl methyl sites for hydroxylation is 1. The zero-order valence-corrected chi connectivity index (χ0v) is 18.3. The first kappa shape index (κ1) is 22.0. The highest BCUT2D eigenvalue weighted by Crippen LogP contribution is 2.33. The molecule has 0 saturated carbocycles. The van der Waals surface area contributed by atoms with Crippen LogP contribution in [0.4, 0.5) is 5.69 Å². The number of carbonyl (C=O) groups is 2. The second-order valence-corrected chi connectivity index (χ2v) is 8.17. The van der Waals surface area contributed by atoms with E-state index >= 15 is 0 Å². The second-order valence-electron chi connectivity index (χ2n) is 7.13. The average Bonchev–Trinajstić information content (AvgIpc) is 2.98. The van der Waals surface area contributed by atoms with Gasteiger partial charge in [0.2, 0.25) is 11.8 Å². The van der Waals surface area contributed by atoms with E-state index in [1.807, 2.05) is 56.3 Å². The summed E-state index contributed by atoms with van der Waals surface area (Å²) in [5.74, 6) is 1.47. The van der Waals surface area contributed by atoms with E-state index in [1.165, 1.54) is 11.8 Å². The number of nitrogens with zero attached hydrogens (tertiary/aromatic N) is 1. The fourth-order valence-corrected chi connectivity index (χ4v) is 3.94. The number of thioether (sulfide) groups is 1. The van der Waals surface area contributed by atoms with Crippen molar-refractivity contribution in [3.05, 3.63) is 48.0 Å². The second kappa shape index (κ2) is 10.9. The standard InChI is InChI=1S/C23H28N2O4S/c1-3-11-25(15-22(26)24-19-8-5-4-7-17(19)2)23(27)16-30-18-9-10-20-21(14-18)29-13-6-12-28-20/h4-5,7-10,14H,3,6,11-13,15-16H2,1-2H3,(H,24,26). The van der Waals surface area contributed by atoms with Crippen molar-refractivity contribution in [2.75, 3.05) is 37.4 Å². The summed E-state index contributed by atoms with van der Waals surface area (Å²) in [6, 6.07) is 13.3. The Labute approximate surface area is 181 Å². The molecule has 0 saturated heterocycles. The topological polar surface area (TPSA) is 67.9 Å². The van der Waals surface area contributed by atoms with Crippen molar-refractivity contribution in [3.8, 4) is 11.5 Å². The van der Waals surface area contributed by atoms with Gasteiger partial charge in [0.15, 0.2) is 11.5 Å². The highest BCUT2D eigenvalue weighted by Gasteiger charge is 2.18. The summed E-state index contributed by atoms with van der Waals surface area (Å²) in [6.07, 6.45) is 1.64. The number of amides is 2. The number of nitrogens with one attached hydrogen (secondary N) is 1. The van der Waals surface area contributed by atoms with E-state index < -0.39 is 0 Å². The van der Waals surface area contributed by atoms with Crippen LogP contribution in [0.25, 0.3) is 0 Å². The quantitative estimate of drug-likeness (QED) is 0.641. The summed E-state index contributed by atoms with van der Waals surface area (Å²) in [5, 5.41) is 2.90. The number of carbonyl (C=O) groups excluding carboxylic acids is 2. The lowest BCUT2D eigenvalue weighted by Gasteiger charge is -2.22. The van der Waals surface area contributed by atoms with E-state index in [9.17, 15) is 9.59 Å².